The Morgan fingerprint density at radius 3 is 1.79 bits per heavy atom. The van der Waals surface area contributed by atoms with E-state index in [1.165, 1.54) is 33.1 Å². The Bertz CT molecular complexity index is 956. The van der Waals surface area contributed by atoms with Gasteiger partial charge < -0.3 is 4.57 Å². The SMILES string of the molecule is CC[C@](C)([Si])c1ccc(-n2c3ccccc3c3ccccc32)cc1. The summed E-state index contributed by atoms with van der Waals surface area (Å²) in [6, 6.07) is 26.2. The van der Waals surface area contributed by atoms with Gasteiger partial charge in [0.15, 0.2) is 0 Å². The van der Waals surface area contributed by atoms with Crippen LogP contribution in [-0.2, 0) is 5.04 Å². The molecule has 0 aliphatic heterocycles. The van der Waals surface area contributed by atoms with Gasteiger partial charge in [-0.25, -0.2) is 0 Å². The minimum absolute atomic E-state index is 0.0271. The third-order valence-corrected chi connectivity index (χ3v) is 5.69. The van der Waals surface area contributed by atoms with Crippen LogP contribution in [0, 0.1) is 0 Å². The van der Waals surface area contributed by atoms with E-state index in [9.17, 15) is 0 Å². The Hall–Kier alpha value is -2.32. The summed E-state index contributed by atoms with van der Waals surface area (Å²) in [5.41, 5.74) is 5.02. The Morgan fingerprint density at radius 1 is 0.792 bits per heavy atom. The largest absolute Gasteiger partial charge is 0.309 e. The van der Waals surface area contributed by atoms with Gasteiger partial charge in [-0.3, -0.25) is 0 Å². The quantitative estimate of drug-likeness (QED) is 0.433. The van der Waals surface area contributed by atoms with Crippen molar-refractivity contribution in [3.63, 3.8) is 0 Å². The fourth-order valence-electron chi connectivity index (χ4n) is 3.38. The van der Waals surface area contributed by atoms with Gasteiger partial charge in [-0.1, -0.05) is 62.4 Å². The lowest BCUT2D eigenvalue weighted by atomic mass is 9.97. The maximum atomic E-state index is 3.89. The number of fused-ring (bicyclic) bond motifs is 3. The van der Waals surface area contributed by atoms with E-state index >= 15 is 0 Å². The van der Waals surface area contributed by atoms with Crippen LogP contribution in [-0.4, -0.2) is 14.8 Å². The van der Waals surface area contributed by atoms with E-state index < -0.39 is 0 Å². The van der Waals surface area contributed by atoms with Crippen LogP contribution in [0.5, 0.6) is 0 Å². The van der Waals surface area contributed by atoms with E-state index in [0.717, 1.165) is 6.42 Å². The number of rotatable bonds is 3. The highest BCUT2D eigenvalue weighted by atomic mass is 28.1. The van der Waals surface area contributed by atoms with Crippen molar-refractivity contribution in [3.8, 4) is 5.69 Å². The number of para-hydroxylation sites is 2. The third kappa shape index (κ3) is 2.30. The molecule has 1 aromatic heterocycles. The van der Waals surface area contributed by atoms with Crippen molar-refractivity contribution in [3.05, 3.63) is 78.4 Å². The van der Waals surface area contributed by atoms with Crippen LogP contribution < -0.4 is 0 Å². The molecule has 0 saturated heterocycles. The zero-order valence-electron chi connectivity index (χ0n) is 14.1. The van der Waals surface area contributed by atoms with E-state index in [4.69, 9.17) is 0 Å². The third-order valence-electron chi connectivity index (χ3n) is 5.05. The van der Waals surface area contributed by atoms with Gasteiger partial charge >= 0.3 is 0 Å². The molecule has 2 heteroatoms. The number of benzene rings is 3. The molecule has 0 fully saturated rings. The minimum Gasteiger partial charge on any atom is -0.309 e. The minimum atomic E-state index is 0.0271. The maximum absolute atomic E-state index is 3.89. The molecular weight excluding hydrogens is 306 g/mol. The first-order valence-corrected chi connectivity index (χ1v) is 8.96. The highest BCUT2D eigenvalue weighted by Crippen LogP contribution is 2.32. The molecule has 4 aromatic rings. The van der Waals surface area contributed by atoms with Crippen molar-refractivity contribution in [2.75, 3.05) is 0 Å². The average Bonchev–Trinajstić information content (AvgIpc) is 2.96. The molecule has 0 bridgehead atoms. The van der Waals surface area contributed by atoms with Gasteiger partial charge in [0.1, 0.15) is 0 Å². The number of nitrogens with zero attached hydrogens (tertiary/aromatic N) is 1. The molecule has 0 saturated carbocycles. The lowest BCUT2D eigenvalue weighted by Crippen LogP contribution is -2.20. The molecule has 0 N–H and O–H groups in total. The van der Waals surface area contributed by atoms with E-state index in [0.29, 0.717) is 0 Å². The molecule has 0 spiro atoms. The van der Waals surface area contributed by atoms with Crippen molar-refractivity contribution in [2.24, 2.45) is 0 Å². The van der Waals surface area contributed by atoms with Crippen molar-refractivity contribution in [2.45, 2.75) is 25.3 Å². The van der Waals surface area contributed by atoms with Gasteiger partial charge in [-0.2, -0.15) is 0 Å². The molecule has 0 aliphatic rings. The molecule has 1 heterocycles. The summed E-state index contributed by atoms with van der Waals surface area (Å²) in [6.07, 6.45) is 1.05. The van der Waals surface area contributed by atoms with Crippen LogP contribution in [0.1, 0.15) is 25.8 Å². The Morgan fingerprint density at radius 2 is 1.29 bits per heavy atom. The Labute approximate surface area is 146 Å². The number of hydrogen-bond donors (Lipinski definition) is 0. The molecule has 3 aromatic carbocycles. The summed E-state index contributed by atoms with van der Waals surface area (Å²) in [5.74, 6) is 0. The predicted octanol–water partition coefficient (Wildman–Crippen LogP) is 5.58. The first-order valence-electron chi connectivity index (χ1n) is 8.46. The zero-order valence-corrected chi connectivity index (χ0v) is 15.1. The highest BCUT2D eigenvalue weighted by Gasteiger charge is 2.18. The Kier molecular flexibility index (Phi) is 3.58. The molecule has 1 atom stereocenters. The second-order valence-corrected chi connectivity index (χ2v) is 7.71. The molecule has 1 nitrogen and oxygen atoms in total. The van der Waals surface area contributed by atoms with Crippen molar-refractivity contribution >= 4 is 32.0 Å². The van der Waals surface area contributed by atoms with E-state index in [-0.39, 0.29) is 5.04 Å². The molecule has 0 amide bonds. The van der Waals surface area contributed by atoms with E-state index in [2.05, 4.69) is 101 Å². The second-order valence-electron chi connectivity index (χ2n) is 6.60. The van der Waals surface area contributed by atoms with Crippen LogP contribution in [0.2, 0.25) is 0 Å². The summed E-state index contributed by atoms with van der Waals surface area (Å²) in [7, 11) is 3.89. The van der Waals surface area contributed by atoms with Gasteiger partial charge in [0.05, 0.1) is 11.0 Å². The van der Waals surface area contributed by atoms with Crippen molar-refractivity contribution in [1.29, 1.82) is 0 Å². The van der Waals surface area contributed by atoms with E-state index in [1.54, 1.807) is 0 Å². The first kappa shape index (κ1) is 15.2. The van der Waals surface area contributed by atoms with Crippen LogP contribution in [0.4, 0.5) is 0 Å². The lowest BCUT2D eigenvalue weighted by Gasteiger charge is -2.23. The fraction of sp³-hybridized carbons (Fsp3) is 0.182. The molecule has 3 radical (unpaired) electrons. The van der Waals surface area contributed by atoms with Crippen molar-refractivity contribution < 1.29 is 0 Å². The predicted molar refractivity (Wildman–Crippen MR) is 104 cm³/mol. The molecule has 117 valence electrons. The summed E-state index contributed by atoms with van der Waals surface area (Å²) < 4.78 is 2.35. The van der Waals surface area contributed by atoms with Gasteiger partial charge in [-0.05, 0) is 41.3 Å². The van der Waals surface area contributed by atoms with Crippen LogP contribution >= 0.6 is 0 Å². The summed E-state index contributed by atoms with van der Waals surface area (Å²) >= 11 is 0. The first-order chi connectivity index (χ1) is 11.6. The zero-order chi connectivity index (χ0) is 16.7. The smallest absolute Gasteiger partial charge is 0.0541 e. The monoisotopic (exact) mass is 326 g/mol. The van der Waals surface area contributed by atoms with Crippen LogP contribution in [0.25, 0.3) is 27.5 Å². The Balaban J connectivity index is 1.96. The molecule has 4 rings (SSSR count). The average molecular weight is 326 g/mol. The van der Waals surface area contributed by atoms with Crippen LogP contribution in [0.3, 0.4) is 0 Å². The number of aromatic nitrogens is 1. The summed E-state index contributed by atoms with van der Waals surface area (Å²) in [4.78, 5) is 0. The van der Waals surface area contributed by atoms with Crippen molar-refractivity contribution in [1.82, 2.24) is 4.57 Å². The lowest BCUT2D eigenvalue weighted by molar-refractivity contribution is 0.649. The normalized spacial score (nSPS) is 14.1. The van der Waals surface area contributed by atoms with Crippen LogP contribution in [0.15, 0.2) is 72.8 Å². The molecule has 24 heavy (non-hydrogen) atoms. The fourth-order valence-corrected chi connectivity index (χ4v) is 3.55. The second kappa shape index (κ2) is 5.64. The molecule has 0 aliphatic carbocycles. The topological polar surface area (TPSA) is 4.93 Å². The molecule has 0 unspecified atom stereocenters. The summed E-state index contributed by atoms with van der Waals surface area (Å²) in [6.45, 7) is 4.42. The maximum Gasteiger partial charge on any atom is 0.0541 e. The number of hydrogen-bond acceptors (Lipinski definition) is 0. The standard InChI is InChI=1S/C22H20NSi/c1-3-22(2,24)16-12-14-17(15-13-16)23-20-10-6-4-8-18(20)19-9-5-7-11-21(19)23/h4-15H,3H2,1-2H3/t22-/m0/s1. The van der Waals surface area contributed by atoms with Gasteiger partial charge in [0, 0.05) is 26.7 Å². The van der Waals surface area contributed by atoms with E-state index in [1.807, 2.05) is 0 Å². The van der Waals surface area contributed by atoms with Gasteiger partial charge in [0.2, 0.25) is 0 Å². The summed E-state index contributed by atoms with van der Waals surface area (Å²) in [5, 5.41) is 2.63. The van der Waals surface area contributed by atoms with Gasteiger partial charge in [0.25, 0.3) is 0 Å². The highest BCUT2D eigenvalue weighted by molar-refractivity contribution is 6.15. The molecular formula is C22H20NSi. The van der Waals surface area contributed by atoms with Gasteiger partial charge in [-0.15, -0.1) is 0 Å².